The number of ether oxygens (including phenoxy) is 2. The Morgan fingerprint density at radius 3 is 2.58 bits per heavy atom. The van der Waals surface area contributed by atoms with Gasteiger partial charge in [0.25, 0.3) is 0 Å². The average molecular weight is 445 g/mol. The van der Waals surface area contributed by atoms with E-state index in [1.165, 1.54) is 0 Å². The Balaban J connectivity index is 1.98. The largest absolute Gasteiger partial charge is 0.412 e. The van der Waals surface area contributed by atoms with Gasteiger partial charge < -0.3 is 13.9 Å². The molecule has 0 unspecified atom stereocenters. The van der Waals surface area contributed by atoms with E-state index < -0.39 is 19.7 Å². The van der Waals surface area contributed by atoms with Gasteiger partial charge in [-0.3, -0.25) is 4.79 Å². The molecule has 172 valence electrons. The van der Waals surface area contributed by atoms with Crippen LogP contribution in [-0.4, -0.2) is 38.2 Å². The molecular formula is C26H40O4Si. The third-order valence-corrected chi connectivity index (χ3v) is 12.0. The number of carbonyl (C=O) groups is 1. The van der Waals surface area contributed by atoms with Gasteiger partial charge in [0.15, 0.2) is 19.7 Å². The Hall–Kier alpha value is -1.19. The summed E-state index contributed by atoms with van der Waals surface area (Å²) in [4.78, 5) is 13.3. The first kappa shape index (κ1) is 24.4. The van der Waals surface area contributed by atoms with Gasteiger partial charge in [-0.2, -0.15) is 0 Å². The summed E-state index contributed by atoms with van der Waals surface area (Å²) >= 11 is 0. The van der Waals surface area contributed by atoms with E-state index in [1.807, 2.05) is 20.8 Å². The summed E-state index contributed by atoms with van der Waals surface area (Å²) in [7, 11) is -1.99. The van der Waals surface area contributed by atoms with Crippen molar-refractivity contribution in [1.29, 1.82) is 0 Å². The summed E-state index contributed by atoms with van der Waals surface area (Å²) < 4.78 is 18.9. The van der Waals surface area contributed by atoms with Gasteiger partial charge in [-0.15, -0.1) is 0 Å². The molecule has 0 bridgehead atoms. The third kappa shape index (κ3) is 5.25. The van der Waals surface area contributed by atoms with E-state index in [0.29, 0.717) is 24.0 Å². The van der Waals surface area contributed by atoms with E-state index in [0.717, 1.165) is 12.8 Å². The zero-order valence-electron chi connectivity index (χ0n) is 20.8. The van der Waals surface area contributed by atoms with Gasteiger partial charge in [0, 0.05) is 5.57 Å². The molecule has 1 heterocycles. The first-order valence-corrected chi connectivity index (χ1v) is 14.5. The van der Waals surface area contributed by atoms with Crippen molar-refractivity contribution < 1.29 is 18.7 Å². The monoisotopic (exact) mass is 444 g/mol. The number of Topliss-reactive ketones (excluding diaryl/α,β-unsaturated/α-hetero) is 1. The lowest BCUT2D eigenvalue weighted by Gasteiger charge is -2.37. The Kier molecular flexibility index (Phi) is 6.55. The first-order valence-electron chi connectivity index (χ1n) is 11.6. The molecule has 4 nitrogen and oxygen atoms in total. The van der Waals surface area contributed by atoms with Crippen LogP contribution in [0.1, 0.15) is 61.3 Å². The fraction of sp³-hybridized carbons (Fsp3) is 0.731. The number of hydrogen-bond acceptors (Lipinski definition) is 4. The van der Waals surface area contributed by atoms with Gasteiger partial charge in [-0.25, -0.2) is 0 Å². The van der Waals surface area contributed by atoms with E-state index in [4.69, 9.17) is 13.9 Å². The number of carbonyl (C=O) groups excluding carboxylic acids is 1. The Morgan fingerprint density at radius 1 is 1.26 bits per heavy atom. The number of hydrogen-bond donors (Lipinski definition) is 0. The average Bonchev–Trinajstić information content (AvgIpc) is 2.85. The first-order chi connectivity index (χ1) is 14.1. The molecule has 0 radical (unpaired) electrons. The molecular weight excluding hydrogens is 404 g/mol. The Morgan fingerprint density at radius 2 is 1.94 bits per heavy atom. The fourth-order valence-electron chi connectivity index (χ4n) is 4.59. The van der Waals surface area contributed by atoms with E-state index in [2.05, 4.69) is 70.9 Å². The van der Waals surface area contributed by atoms with Crippen LogP contribution >= 0.6 is 0 Å². The van der Waals surface area contributed by atoms with Crippen molar-refractivity contribution in [2.45, 2.75) is 96.9 Å². The summed E-state index contributed by atoms with van der Waals surface area (Å²) in [6.45, 7) is 19.4. The molecule has 0 spiro atoms. The molecule has 1 saturated heterocycles. The molecule has 0 aromatic rings. The SMILES string of the molecule is C[C@@H]1C=CC[C@@H]2C[C@H]3OC(C)(C)O[C@]3(C)C#CC(=O)/C(CO[Si](C)(C)C(C)(C)C)=C\[C@@H]21. The molecule has 1 aliphatic heterocycles. The van der Waals surface area contributed by atoms with Crippen LogP contribution in [0.25, 0.3) is 0 Å². The molecule has 0 aromatic carbocycles. The maximum Gasteiger partial charge on any atom is 0.233 e. The minimum absolute atomic E-state index is 0.0863. The molecule has 0 amide bonds. The van der Waals surface area contributed by atoms with Crippen LogP contribution in [0.2, 0.25) is 18.1 Å². The van der Waals surface area contributed by atoms with Gasteiger partial charge in [0.1, 0.15) is 6.10 Å². The second-order valence-corrected chi connectivity index (χ2v) is 16.4. The highest BCUT2D eigenvalue weighted by Gasteiger charge is 2.51. The van der Waals surface area contributed by atoms with Gasteiger partial charge in [0.2, 0.25) is 5.78 Å². The minimum Gasteiger partial charge on any atom is -0.412 e. The van der Waals surface area contributed by atoms with Crippen molar-refractivity contribution in [3.8, 4) is 11.8 Å². The topological polar surface area (TPSA) is 44.8 Å². The van der Waals surface area contributed by atoms with E-state index in [1.54, 1.807) is 0 Å². The number of allylic oxidation sites excluding steroid dienone is 3. The lowest BCUT2D eigenvalue weighted by atomic mass is 9.71. The van der Waals surface area contributed by atoms with Gasteiger partial charge in [-0.05, 0) is 75.4 Å². The Bertz CT molecular complexity index is 836. The molecule has 0 aromatic heterocycles. The van der Waals surface area contributed by atoms with Crippen LogP contribution < -0.4 is 0 Å². The van der Waals surface area contributed by atoms with Gasteiger partial charge in [-0.1, -0.05) is 51.8 Å². The third-order valence-electron chi connectivity index (χ3n) is 7.55. The lowest BCUT2D eigenvalue weighted by molar-refractivity contribution is -0.153. The van der Waals surface area contributed by atoms with Gasteiger partial charge >= 0.3 is 0 Å². The molecule has 2 aliphatic carbocycles. The number of ketones is 1. The smallest absolute Gasteiger partial charge is 0.233 e. The quantitative estimate of drug-likeness (QED) is 0.244. The Labute approximate surface area is 189 Å². The van der Waals surface area contributed by atoms with Crippen molar-refractivity contribution in [2.24, 2.45) is 17.8 Å². The van der Waals surface area contributed by atoms with Crippen molar-refractivity contribution >= 4 is 14.1 Å². The number of fused-ring (bicyclic) bond motifs is 2. The van der Waals surface area contributed by atoms with Crippen LogP contribution in [0.5, 0.6) is 0 Å². The van der Waals surface area contributed by atoms with Crippen molar-refractivity contribution in [1.82, 2.24) is 0 Å². The molecule has 31 heavy (non-hydrogen) atoms. The zero-order chi connectivity index (χ0) is 23.2. The summed E-state index contributed by atoms with van der Waals surface area (Å²) in [6.07, 6.45) is 8.36. The normalized spacial score (nSPS) is 37.2. The maximum atomic E-state index is 13.3. The molecule has 3 rings (SSSR count). The van der Waals surface area contributed by atoms with E-state index >= 15 is 0 Å². The minimum atomic E-state index is -1.99. The second kappa shape index (κ2) is 8.30. The summed E-state index contributed by atoms with van der Waals surface area (Å²) in [5.41, 5.74) is -0.105. The molecule has 3 aliphatic rings. The predicted molar refractivity (Wildman–Crippen MR) is 127 cm³/mol. The number of rotatable bonds is 3. The molecule has 0 N–H and O–H groups in total. The predicted octanol–water partition coefficient (Wildman–Crippen LogP) is 5.65. The van der Waals surface area contributed by atoms with Crippen LogP contribution in [0.15, 0.2) is 23.8 Å². The van der Waals surface area contributed by atoms with E-state index in [9.17, 15) is 4.79 Å². The van der Waals surface area contributed by atoms with Crippen molar-refractivity contribution in [2.75, 3.05) is 6.61 Å². The highest BCUT2D eigenvalue weighted by molar-refractivity contribution is 6.74. The highest BCUT2D eigenvalue weighted by atomic mass is 28.4. The molecule has 0 saturated carbocycles. The summed E-state index contributed by atoms with van der Waals surface area (Å²) in [5, 5.41) is 0.0863. The molecule has 1 fully saturated rings. The molecule has 5 atom stereocenters. The zero-order valence-corrected chi connectivity index (χ0v) is 21.8. The van der Waals surface area contributed by atoms with Crippen LogP contribution in [0.4, 0.5) is 0 Å². The second-order valence-electron chi connectivity index (χ2n) is 11.6. The van der Waals surface area contributed by atoms with Crippen LogP contribution in [-0.2, 0) is 18.7 Å². The summed E-state index contributed by atoms with van der Waals surface area (Å²) in [5.74, 6) is 6.15. The fourth-order valence-corrected chi connectivity index (χ4v) is 5.54. The maximum absolute atomic E-state index is 13.3. The summed E-state index contributed by atoms with van der Waals surface area (Å²) in [6, 6.07) is 0. The van der Waals surface area contributed by atoms with Gasteiger partial charge in [0.05, 0.1) is 6.61 Å². The van der Waals surface area contributed by atoms with E-state index in [-0.39, 0.29) is 22.8 Å². The van der Waals surface area contributed by atoms with Crippen molar-refractivity contribution in [3.63, 3.8) is 0 Å². The highest BCUT2D eigenvalue weighted by Crippen LogP contribution is 2.44. The van der Waals surface area contributed by atoms with Crippen molar-refractivity contribution in [3.05, 3.63) is 23.8 Å². The van der Waals surface area contributed by atoms with Crippen LogP contribution in [0.3, 0.4) is 0 Å². The van der Waals surface area contributed by atoms with Crippen LogP contribution in [0, 0.1) is 29.6 Å². The lowest BCUT2D eigenvalue weighted by Crippen LogP contribution is -2.42. The molecule has 5 heteroatoms. The standard InChI is InChI=1S/C26H40O4Si/c1-18-11-10-12-19-16-23-26(7,30-25(5,6)29-23)14-13-22(27)20(15-21(18)19)17-28-31(8,9)24(2,3)4/h10-11,15,18-19,21,23H,12,16-17H2,1-9H3/b20-15-/t18-,19-,21-,23-,26-/m1/s1.